The number of hydrogen-bond donors (Lipinski definition) is 1. The molecule has 0 radical (unpaired) electrons. The third kappa shape index (κ3) is 7.63. The first-order valence-electron chi connectivity index (χ1n) is 5.14. The summed E-state index contributed by atoms with van der Waals surface area (Å²) in [4.78, 5) is 0. The molecule has 0 amide bonds. The largest absolute Gasteiger partial charge is 0.386 e. The maximum atomic E-state index is 3.45. The quantitative estimate of drug-likeness (QED) is 0.639. The Morgan fingerprint density at radius 2 is 1.85 bits per heavy atom. The van der Waals surface area contributed by atoms with Crippen LogP contribution in [0, 0.1) is 0 Å². The zero-order chi connectivity index (χ0) is 10.3. The van der Waals surface area contributed by atoms with Crippen LogP contribution < -0.4 is 5.32 Å². The second-order valence-corrected chi connectivity index (χ2v) is 3.93. The summed E-state index contributed by atoms with van der Waals surface area (Å²) in [7, 11) is 0. The molecule has 1 heteroatoms. The van der Waals surface area contributed by atoms with Crippen LogP contribution in [0.3, 0.4) is 0 Å². The molecule has 0 aromatic heterocycles. The molecule has 0 bridgehead atoms. The van der Waals surface area contributed by atoms with E-state index in [1.165, 1.54) is 24.1 Å². The van der Waals surface area contributed by atoms with Crippen molar-refractivity contribution < 1.29 is 0 Å². The van der Waals surface area contributed by atoms with Gasteiger partial charge in [-0.3, -0.25) is 0 Å². The van der Waals surface area contributed by atoms with Gasteiger partial charge in [0.1, 0.15) is 0 Å². The Kier molecular flexibility index (Phi) is 6.38. The molecule has 0 saturated heterocycles. The summed E-state index contributed by atoms with van der Waals surface area (Å²) in [5.41, 5.74) is 2.59. The summed E-state index contributed by atoms with van der Waals surface area (Å²) in [6.45, 7) is 10.8. The van der Waals surface area contributed by atoms with Crippen LogP contribution in [0.25, 0.3) is 0 Å². The first-order chi connectivity index (χ1) is 6.06. The summed E-state index contributed by atoms with van der Waals surface area (Å²) in [6, 6.07) is 0.590. The van der Waals surface area contributed by atoms with Crippen molar-refractivity contribution in [3.63, 3.8) is 0 Å². The van der Waals surface area contributed by atoms with Gasteiger partial charge >= 0.3 is 0 Å². The standard InChI is InChI=1S/C12H23N/c1-6-7-11(4)13-12(5)9-8-10(2)3/h8-9,11,13H,6-7H2,1-5H3/b12-9+. The van der Waals surface area contributed by atoms with E-state index in [9.17, 15) is 0 Å². The Morgan fingerprint density at radius 1 is 1.23 bits per heavy atom. The van der Waals surface area contributed by atoms with Crippen molar-refractivity contribution >= 4 is 0 Å². The molecular weight excluding hydrogens is 158 g/mol. The smallest absolute Gasteiger partial charge is 0.0229 e. The molecule has 76 valence electrons. The lowest BCUT2D eigenvalue weighted by Crippen LogP contribution is -2.23. The predicted molar refractivity (Wildman–Crippen MR) is 60.7 cm³/mol. The summed E-state index contributed by atoms with van der Waals surface area (Å²) in [6.07, 6.45) is 6.76. The Balaban J connectivity index is 3.91. The lowest BCUT2D eigenvalue weighted by atomic mass is 10.2. The van der Waals surface area contributed by atoms with Gasteiger partial charge < -0.3 is 5.32 Å². The Bertz CT molecular complexity index is 185. The number of rotatable bonds is 5. The molecule has 0 aliphatic rings. The highest BCUT2D eigenvalue weighted by Crippen LogP contribution is 1.99. The van der Waals surface area contributed by atoms with Crippen LogP contribution in [0.4, 0.5) is 0 Å². The van der Waals surface area contributed by atoms with Crippen molar-refractivity contribution in [1.82, 2.24) is 5.32 Å². The number of hydrogen-bond acceptors (Lipinski definition) is 1. The molecule has 0 aromatic carbocycles. The summed E-state index contributed by atoms with van der Waals surface area (Å²) in [5.74, 6) is 0. The van der Waals surface area contributed by atoms with E-state index in [1.54, 1.807) is 0 Å². The van der Waals surface area contributed by atoms with E-state index < -0.39 is 0 Å². The van der Waals surface area contributed by atoms with E-state index in [2.05, 4.69) is 52.1 Å². The lowest BCUT2D eigenvalue weighted by molar-refractivity contribution is 0.560. The number of allylic oxidation sites excluding steroid dienone is 4. The highest BCUT2D eigenvalue weighted by atomic mass is 14.9. The molecule has 0 aliphatic carbocycles. The summed E-state index contributed by atoms with van der Waals surface area (Å²) >= 11 is 0. The Labute approximate surface area is 82.9 Å². The van der Waals surface area contributed by atoms with Gasteiger partial charge in [0.25, 0.3) is 0 Å². The van der Waals surface area contributed by atoms with Gasteiger partial charge in [0.15, 0.2) is 0 Å². The van der Waals surface area contributed by atoms with Crippen LogP contribution in [-0.4, -0.2) is 6.04 Å². The van der Waals surface area contributed by atoms with Crippen molar-refractivity contribution in [3.8, 4) is 0 Å². The van der Waals surface area contributed by atoms with E-state index in [0.29, 0.717) is 6.04 Å². The fourth-order valence-corrected chi connectivity index (χ4v) is 1.23. The first kappa shape index (κ1) is 12.3. The highest BCUT2D eigenvalue weighted by molar-refractivity contribution is 5.13. The van der Waals surface area contributed by atoms with Gasteiger partial charge in [0, 0.05) is 11.7 Å². The molecule has 0 fully saturated rings. The van der Waals surface area contributed by atoms with Crippen LogP contribution >= 0.6 is 0 Å². The minimum absolute atomic E-state index is 0.590. The Morgan fingerprint density at radius 3 is 2.31 bits per heavy atom. The summed E-state index contributed by atoms with van der Waals surface area (Å²) in [5, 5.41) is 3.45. The zero-order valence-electron chi connectivity index (χ0n) is 9.65. The highest BCUT2D eigenvalue weighted by Gasteiger charge is 1.97. The molecule has 0 aliphatic heterocycles. The van der Waals surface area contributed by atoms with E-state index in [4.69, 9.17) is 0 Å². The van der Waals surface area contributed by atoms with Gasteiger partial charge in [-0.05, 0) is 40.2 Å². The topological polar surface area (TPSA) is 12.0 Å². The molecule has 1 unspecified atom stereocenters. The SMILES string of the molecule is CCCC(C)N/C(C)=C/C=C(C)C. The third-order valence-electron chi connectivity index (χ3n) is 1.86. The van der Waals surface area contributed by atoms with E-state index in [1.807, 2.05) is 0 Å². The van der Waals surface area contributed by atoms with E-state index in [-0.39, 0.29) is 0 Å². The average Bonchev–Trinajstić information content (AvgIpc) is 2.01. The molecule has 0 spiro atoms. The molecule has 0 saturated carbocycles. The lowest BCUT2D eigenvalue weighted by Gasteiger charge is -2.13. The minimum Gasteiger partial charge on any atom is -0.386 e. The zero-order valence-corrected chi connectivity index (χ0v) is 9.65. The predicted octanol–water partition coefficient (Wildman–Crippen LogP) is 3.63. The van der Waals surface area contributed by atoms with Crippen molar-refractivity contribution in [2.24, 2.45) is 0 Å². The van der Waals surface area contributed by atoms with Crippen molar-refractivity contribution in [2.45, 2.75) is 53.5 Å². The number of nitrogens with one attached hydrogen (secondary N) is 1. The van der Waals surface area contributed by atoms with Gasteiger partial charge in [-0.25, -0.2) is 0 Å². The normalized spacial score (nSPS) is 13.8. The van der Waals surface area contributed by atoms with Crippen LogP contribution in [0.5, 0.6) is 0 Å². The van der Waals surface area contributed by atoms with Crippen LogP contribution in [-0.2, 0) is 0 Å². The molecule has 1 atom stereocenters. The molecule has 0 aromatic rings. The van der Waals surface area contributed by atoms with Crippen molar-refractivity contribution in [2.75, 3.05) is 0 Å². The van der Waals surface area contributed by atoms with Gasteiger partial charge in [0.2, 0.25) is 0 Å². The van der Waals surface area contributed by atoms with Gasteiger partial charge in [0.05, 0.1) is 0 Å². The summed E-state index contributed by atoms with van der Waals surface area (Å²) < 4.78 is 0. The fourth-order valence-electron chi connectivity index (χ4n) is 1.23. The fraction of sp³-hybridized carbons (Fsp3) is 0.667. The maximum Gasteiger partial charge on any atom is 0.0229 e. The second-order valence-electron chi connectivity index (χ2n) is 3.93. The Hall–Kier alpha value is -0.720. The minimum atomic E-state index is 0.590. The molecular formula is C12H23N. The van der Waals surface area contributed by atoms with Crippen molar-refractivity contribution in [1.29, 1.82) is 0 Å². The molecule has 1 N–H and O–H groups in total. The van der Waals surface area contributed by atoms with Crippen LogP contribution in [0.1, 0.15) is 47.5 Å². The maximum absolute atomic E-state index is 3.45. The van der Waals surface area contributed by atoms with Gasteiger partial charge in [-0.1, -0.05) is 25.0 Å². The molecule has 1 nitrogen and oxygen atoms in total. The van der Waals surface area contributed by atoms with E-state index >= 15 is 0 Å². The van der Waals surface area contributed by atoms with E-state index in [0.717, 1.165) is 0 Å². The second kappa shape index (κ2) is 6.76. The van der Waals surface area contributed by atoms with Crippen LogP contribution in [0.15, 0.2) is 23.4 Å². The monoisotopic (exact) mass is 181 g/mol. The first-order valence-corrected chi connectivity index (χ1v) is 5.14. The molecule has 13 heavy (non-hydrogen) atoms. The van der Waals surface area contributed by atoms with Crippen LogP contribution in [0.2, 0.25) is 0 Å². The third-order valence-corrected chi connectivity index (χ3v) is 1.86. The van der Waals surface area contributed by atoms with Crippen molar-refractivity contribution in [3.05, 3.63) is 23.4 Å². The van der Waals surface area contributed by atoms with Gasteiger partial charge in [-0.2, -0.15) is 0 Å². The van der Waals surface area contributed by atoms with Gasteiger partial charge in [-0.15, -0.1) is 0 Å². The average molecular weight is 181 g/mol. The molecule has 0 rings (SSSR count). The molecule has 0 heterocycles.